The van der Waals surface area contributed by atoms with Gasteiger partial charge >= 0.3 is 0 Å². The first-order valence-corrected chi connectivity index (χ1v) is 8.03. The van der Waals surface area contributed by atoms with Crippen molar-refractivity contribution in [1.82, 2.24) is 10.3 Å². The highest BCUT2D eigenvalue weighted by Crippen LogP contribution is 2.47. The van der Waals surface area contributed by atoms with E-state index in [4.69, 9.17) is 5.73 Å². The first kappa shape index (κ1) is 13.1. The first-order valence-electron chi connectivity index (χ1n) is 7.15. The summed E-state index contributed by atoms with van der Waals surface area (Å²) in [5.41, 5.74) is 7.15. The van der Waals surface area contributed by atoms with Crippen LogP contribution in [0.2, 0.25) is 0 Å². The van der Waals surface area contributed by atoms with Crippen LogP contribution in [-0.4, -0.2) is 16.9 Å². The highest BCUT2D eigenvalue weighted by molar-refractivity contribution is 7.09. The fourth-order valence-electron chi connectivity index (χ4n) is 3.61. The summed E-state index contributed by atoms with van der Waals surface area (Å²) in [6.45, 7) is 2.63. The number of rotatable bonds is 4. The molecule has 0 radical (unpaired) electrons. The number of hydrogen-bond acceptors (Lipinski definition) is 4. The van der Waals surface area contributed by atoms with Gasteiger partial charge in [0.25, 0.3) is 0 Å². The zero-order chi connectivity index (χ0) is 13.4. The number of hydrogen-bond donors (Lipinski definition) is 2. The van der Waals surface area contributed by atoms with E-state index in [0.29, 0.717) is 18.4 Å². The van der Waals surface area contributed by atoms with E-state index in [1.54, 1.807) is 11.3 Å². The molecule has 1 amide bonds. The molecule has 104 valence electrons. The summed E-state index contributed by atoms with van der Waals surface area (Å²) in [5.74, 6) is 1.25. The lowest BCUT2D eigenvalue weighted by Gasteiger charge is -2.26. The number of nitrogens with zero attached hydrogens (tertiary/aromatic N) is 1. The van der Waals surface area contributed by atoms with Crippen LogP contribution in [0.25, 0.3) is 0 Å². The number of fused-ring (bicyclic) bond motifs is 2. The van der Waals surface area contributed by atoms with Crippen molar-refractivity contribution < 1.29 is 4.79 Å². The number of aromatic nitrogens is 1. The van der Waals surface area contributed by atoms with Gasteiger partial charge in [-0.05, 0) is 37.5 Å². The summed E-state index contributed by atoms with van der Waals surface area (Å²) in [5, 5.41) is 6.17. The minimum Gasteiger partial charge on any atom is -0.350 e. The van der Waals surface area contributed by atoms with Crippen molar-refractivity contribution in [2.75, 3.05) is 0 Å². The molecule has 2 bridgehead atoms. The lowest BCUT2D eigenvalue weighted by Crippen LogP contribution is -2.45. The normalized spacial score (nSPS) is 32.7. The third kappa shape index (κ3) is 2.41. The van der Waals surface area contributed by atoms with Crippen molar-refractivity contribution in [1.29, 1.82) is 0 Å². The van der Waals surface area contributed by atoms with E-state index >= 15 is 0 Å². The van der Waals surface area contributed by atoms with Gasteiger partial charge in [-0.1, -0.05) is 6.92 Å². The van der Waals surface area contributed by atoms with E-state index in [0.717, 1.165) is 23.5 Å². The van der Waals surface area contributed by atoms with E-state index in [1.165, 1.54) is 12.8 Å². The van der Waals surface area contributed by atoms with Crippen LogP contribution in [0.15, 0.2) is 5.38 Å². The average Bonchev–Trinajstić information content (AvgIpc) is 3.11. The van der Waals surface area contributed by atoms with Gasteiger partial charge in [-0.15, -0.1) is 11.3 Å². The van der Waals surface area contributed by atoms with Gasteiger partial charge in [0.1, 0.15) is 0 Å². The monoisotopic (exact) mass is 279 g/mol. The zero-order valence-electron chi connectivity index (χ0n) is 11.3. The van der Waals surface area contributed by atoms with Crippen molar-refractivity contribution >= 4 is 17.2 Å². The van der Waals surface area contributed by atoms with Crippen LogP contribution >= 0.6 is 11.3 Å². The van der Waals surface area contributed by atoms with Crippen LogP contribution in [0, 0.1) is 17.8 Å². The fourth-order valence-corrected chi connectivity index (χ4v) is 4.36. The van der Waals surface area contributed by atoms with Crippen molar-refractivity contribution in [2.24, 2.45) is 23.5 Å². The number of carbonyl (C=O) groups is 1. The number of aryl methyl sites for hydroxylation is 1. The third-order valence-corrected chi connectivity index (χ3v) is 5.67. The molecule has 2 aliphatic carbocycles. The lowest BCUT2D eigenvalue weighted by atomic mass is 9.84. The summed E-state index contributed by atoms with van der Waals surface area (Å²) < 4.78 is 0. The number of amides is 1. The van der Waals surface area contributed by atoms with E-state index < -0.39 is 0 Å². The van der Waals surface area contributed by atoms with Gasteiger partial charge in [0.15, 0.2) is 0 Å². The molecule has 2 fully saturated rings. The summed E-state index contributed by atoms with van der Waals surface area (Å²) in [7, 11) is 0. The Balaban J connectivity index is 1.57. The molecule has 2 aliphatic rings. The van der Waals surface area contributed by atoms with Crippen LogP contribution in [-0.2, 0) is 17.8 Å². The molecule has 5 heteroatoms. The van der Waals surface area contributed by atoms with Gasteiger partial charge in [-0.2, -0.15) is 0 Å². The molecule has 4 unspecified atom stereocenters. The SMILES string of the molecule is CCc1nc(CNC(=O)C2C3CCC(C3)C2N)cs1. The Hall–Kier alpha value is -0.940. The maximum absolute atomic E-state index is 12.3. The Kier molecular flexibility index (Phi) is 3.58. The quantitative estimate of drug-likeness (QED) is 0.881. The van der Waals surface area contributed by atoms with Crippen LogP contribution in [0.4, 0.5) is 0 Å². The molecule has 4 atom stereocenters. The van der Waals surface area contributed by atoms with Crippen molar-refractivity contribution in [3.8, 4) is 0 Å². The van der Waals surface area contributed by atoms with Crippen molar-refractivity contribution in [3.05, 3.63) is 16.1 Å². The molecule has 0 spiro atoms. The molecular weight excluding hydrogens is 258 g/mol. The number of nitrogens with two attached hydrogens (primary N) is 1. The fraction of sp³-hybridized carbons (Fsp3) is 0.714. The number of thiazole rings is 1. The molecule has 4 nitrogen and oxygen atoms in total. The molecule has 2 saturated carbocycles. The van der Waals surface area contributed by atoms with Crippen LogP contribution in [0.5, 0.6) is 0 Å². The number of nitrogens with one attached hydrogen (secondary N) is 1. The molecular formula is C14H21N3OS. The van der Waals surface area contributed by atoms with E-state index in [-0.39, 0.29) is 17.9 Å². The maximum Gasteiger partial charge on any atom is 0.225 e. The minimum atomic E-state index is 0.0306. The second-order valence-electron chi connectivity index (χ2n) is 5.74. The number of carbonyl (C=O) groups excluding carboxylic acids is 1. The molecule has 19 heavy (non-hydrogen) atoms. The van der Waals surface area contributed by atoms with Gasteiger partial charge in [0.05, 0.1) is 23.2 Å². The Morgan fingerprint density at radius 1 is 1.53 bits per heavy atom. The van der Waals surface area contributed by atoms with Gasteiger partial charge < -0.3 is 11.1 Å². The summed E-state index contributed by atoms with van der Waals surface area (Å²) >= 11 is 1.66. The van der Waals surface area contributed by atoms with Gasteiger partial charge in [-0.3, -0.25) is 4.79 Å². The average molecular weight is 279 g/mol. The standard InChI is InChI=1S/C14H21N3OS/c1-2-11-17-10(7-19-11)6-16-14(18)12-8-3-4-9(5-8)13(12)15/h7-9,12-13H,2-6,15H2,1H3,(H,16,18). The molecule has 0 aromatic carbocycles. The minimum absolute atomic E-state index is 0.0306. The van der Waals surface area contributed by atoms with Crippen LogP contribution < -0.4 is 11.1 Å². The van der Waals surface area contributed by atoms with Crippen molar-refractivity contribution in [3.63, 3.8) is 0 Å². The maximum atomic E-state index is 12.3. The molecule has 1 aromatic rings. The van der Waals surface area contributed by atoms with E-state index in [9.17, 15) is 4.79 Å². The second-order valence-corrected chi connectivity index (χ2v) is 6.68. The van der Waals surface area contributed by atoms with E-state index in [1.807, 2.05) is 5.38 Å². The first-order chi connectivity index (χ1) is 9.19. The summed E-state index contributed by atoms with van der Waals surface area (Å²) in [4.78, 5) is 16.7. The largest absolute Gasteiger partial charge is 0.350 e. The molecule has 1 heterocycles. The van der Waals surface area contributed by atoms with Crippen molar-refractivity contribution in [2.45, 2.75) is 45.2 Å². The zero-order valence-corrected chi connectivity index (χ0v) is 12.1. The topological polar surface area (TPSA) is 68.0 Å². The molecule has 1 aromatic heterocycles. The Morgan fingerprint density at radius 3 is 2.95 bits per heavy atom. The Labute approximate surface area is 117 Å². The highest BCUT2D eigenvalue weighted by atomic mass is 32.1. The van der Waals surface area contributed by atoms with Crippen LogP contribution in [0.1, 0.15) is 36.9 Å². The Morgan fingerprint density at radius 2 is 2.32 bits per heavy atom. The predicted octanol–water partition coefficient (Wildman–Crippen LogP) is 1.70. The highest BCUT2D eigenvalue weighted by Gasteiger charge is 2.48. The molecule has 3 N–H and O–H groups in total. The summed E-state index contributed by atoms with van der Waals surface area (Å²) in [6.07, 6.45) is 4.49. The smallest absolute Gasteiger partial charge is 0.225 e. The Bertz CT molecular complexity index is 471. The van der Waals surface area contributed by atoms with Crippen LogP contribution in [0.3, 0.4) is 0 Å². The predicted molar refractivity (Wildman–Crippen MR) is 75.6 cm³/mol. The van der Waals surface area contributed by atoms with Gasteiger partial charge in [-0.25, -0.2) is 4.98 Å². The molecule has 0 saturated heterocycles. The molecule has 0 aliphatic heterocycles. The van der Waals surface area contributed by atoms with Gasteiger partial charge in [0, 0.05) is 11.4 Å². The molecule has 3 rings (SSSR count). The lowest BCUT2D eigenvalue weighted by molar-refractivity contribution is -0.127. The second kappa shape index (κ2) is 5.21. The third-order valence-electron chi connectivity index (χ3n) is 4.63. The van der Waals surface area contributed by atoms with Gasteiger partial charge in [0.2, 0.25) is 5.91 Å². The summed E-state index contributed by atoms with van der Waals surface area (Å²) in [6, 6.07) is 0.0698. The van der Waals surface area contributed by atoms with E-state index in [2.05, 4.69) is 17.2 Å².